The Hall–Kier alpha value is -6.53. The molecule has 5 nitrogen and oxygen atoms in total. The molecular formula is C45H33B5N4O. The van der Waals surface area contributed by atoms with Crippen molar-refractivity contribution < 1.29 is 4.42 Å². The number of nitrogens with zero attached hydrogens (tertiary/aromatic N) is 4. The second-order valence-corrected chi connectivity index (χ2v) is 14.6. The molecule has 0 saturated heterocycles. The summed E-state index contributed by atoms with van der Waals surface area (Å²) in [5.41, 5.74) is 17.1. The van der Waals surface area contributed by atoms with Crippen molar-refractivity contribution in [1.29, 1.82) is 0 Å². The Labute approximate surface area is 323 Å². The Morgan fingerprint density at radius 1 is 0.400 bits per heavy atom. The Morgan fingerprint density at radius 3 is 1.62 bits per heavy atom. The van der Waals surface area contributed by atoms with Gasteiger partial charge in [-0.15, -0.1) is 5.46 Å². The summed E-state index contributed by atoms with van der Waals surface area (Å²) in [5.74, 6) is 1.86. The fourth-order valence-corrected chi connectivity index (χ4v) is 8.33. The van der Waals surface area contributed by atoms with E-state index in [1.54, 1.807) is 0 Å². The second kappa shape index (κ2) is 12.8. The monoisotopic (exact) mass is 700 g/mol. The van der Waals surface area contributed by atoms with Crippen LogP contribution in [0, 0.1) is 0 Å². The van der Waals surface area contributed by atoms with Gasteiger partial charge in [0.05, 0.1) is 11.0 Å². The highest BCUT2D eigenvalue weighted by Gasteiger charge is 2.21. The summed E-state index contributed by atoms with van der Waals surface area (Å²) in [6, 6.07) is 48.5. The molecule has 0 aliphatic heterocycles. The Kier molecular flexibility index (Phi) is 7.70. The lowest BCUT2D eigenvalue weighted by Gasteiger charge is -2.22. The Morgan fingerprint density at radius 2 is 0.945 bits per heavy atom. The van der Waals surface area contributed by atoms with Crippen LogP contribution in [0.5, 0.6) is 0 Å². The Bertz CT molecular complexity index is 3070. The molecule has 3 heterocycles. The van der Waals surface area contributed by atoms with Crippen molar-refractivity contribution >= 4 is 110 Å². The maximum Gasteiger partial charge on any atom is 0.164 e. The van der Waals surface area contributed by atoms with Gasteiger partial charge in [-0.2, -0.15) is 0 Å². The summed E-state index contributed by atoms with van der Waals surface area (Å²) in [6.45, 7) is 0. The van der Waals surface area contributed by atoms with Gasteiger partial charge in [0.25, 0.3) is 0 Å². The van der Waals surface area contributed by atoms with Gasteiger partial charge in [-0.05, 0) is 47.5 Å². The van der Waals surface area contributed by atoms with Crippen LogP contribution in [0.2, 0.25) is 0 Å². The summed E-state index contributed by atoms with van der Waals surface area (Å²) in [7, 11) is 11.3. The SMILES string of the molecule is Bc1c(B)c(B)c(-n2c3ccccc3c3cc(-c4ccc5oc6cccc(-c7nc(-c8ccccc8)nc(-c8ccccc8)n7)c6c5c4)ccc32)c(B)c1B. The first-order valence-corrected chi connectivity index (χ1v) is 18.8. The smallest absolute Gasteiger partial charge is 0.164 e. The summed E-state index contributed by atoms with van der Waals surface area (Å²) in [6.07, 6.45) is 0. The van der Waals surface area contributed by atoms with Crippen molar-refractivity contribution in [3.05, 3.63) is 140 Å². The highest BCUT2D eigenvalue weighted by atomic mass is 16.3. The van der Waals surface area contributed by atoms with Crippen LogP contribution >= 0.6 is 0 Å². The molecule has 10 aromatic rings. The molecule has 0 fully saturated rings. The third kappa shape index (κ3) is 5.27. The van der Waals surface area contributed by atoms with Crippen LogP contribution in [0.25, 0.3) is 94.7 Å². The van der Waals surface area contributed by atoms with Crippen molar-refractivity contribution in [3.63, 3.8) is 0 Å². The van der Waals surface area contributed by atoms with Gasteiger partial charge in [0, 0.05) is 43.9 Å². The summed E-state index contributed by atoms with van der Waals surface area (Å²) in [5, 5.41) is 4.47. The predicted molar refractivity (Wildman–Crippen MR) is 244 cm³/mol. The minimum absolute atomic E-state index is 0.604. The second-order valence-electron chi connectivity index (χ2n) is 14.6. The van der Waals surface area contributed by atoms with Crippen molar-refractivity contribution in [2.75, 3.05) is 0 Å². The quantitative estimate of drug-likeness (QED) is 0.260. The molecule has 7 aromatic carbocycles. The van der Waals surface area contributed by atoms with Gasteiger partial charge in [-0.3, -0.25) is 0 Å². The van der Waals surface area contributed by atoms with Gasteiger partial charge in [-0.1, -0.05) is 125 Å². The molecule has 0 radical (unpaired) electrons. The van der Waals surface area contributed by atoms with Gasteiger partial charge < -0.3 is 8.98 Å². The van der Waals surface area contributed by atoms with E-state index in [0.717, 1.165) is 49.8 Å². The highest BCUT2D eigenvalue weighted by Crippen LogP contribution is 2.40. The molecule has 10 rings (SSSR count). The molecule has 0 atom stereocenters. The van der Waals surface area contributed by atoms with Gasteiger partial charge in [0.1, 0.15) is 50.4 Å². The topological polar surface area (TPSA) is 56.7 Å². The van der Waals surface area contributed by atoms with Crippen molar-refractivity contribution in [2.24, 2.45) is 0 Å². The van der Waals surface area contributed by atoms with Crippen LogP contribution in [-0.4, -0.2) is 58.8 Å². The van der Waals surface area contributed by atoms with E-state index in [4.69, 9.17) is 19.4 Å². The zero-order valence-electron chi connectivity index (χ0n) is 31.5. The van der Waals surface area contributed by atoms with Crippen LogP contribution < -0.4 is 27.3 Å². The third-order valence-electron chi connectivity index (χ3n) is 11.6. The van der Waals surface area contributed by atoms with E-state index in [1.165, 1.54) is 54.8 Å². The van der Waals surface area contributed by atoms with E-state index in [9.17, 15) is 0 Å². The molecule has 0 N–H and O–H groups in total. The van der Waals surface area contributed by atoms with Crippen molar-refractivity contribution in [3.8, 4) is 51.0 Å². The number of rotatable bonds is 5. The largest absolute Gasteiger partial charge is 0.456 e. The zero-order valence-corrected chi connectivity index (χ0v) is 31.5. The average molecular weight is 700 g/mol. The summed E-state index contributed by atoms with van der Waals surface area (Å²) >= 11 is 0. The molecule has 0 spiro atoms. The maximum atomic E-state index is 6.49. The van der Waals surface area contributed by atoms with E-state index >= 15 is 0 Å². The number of para-hydroxylation sites is 1. The molecule has 0 unspecified atom stereocenters. The van der Waals surface area contributed by atoms with Gasteiger partial charge in [0.15, 0.2) is 17.5 Å². The van der Waals surface area contributed by atoms with Crippen LogP contribution in [-0.2, 0) is 0 Å². The molecule has 254 valence electrons. The Balaban J connectivity index is 1.16. The van der Waals surface area contributed by atoms with Crippen LogP contribution in [0.3, 0.4) is 0 Å². The van der Waals surface area contributed by atoms with E-state index in [-0.39, 0.29) is 0 Å². The fraction of sp³-hybridized carbons (Fsp3) is 0. The lowest BCUT2D eigenvalue weighted by atomic mass is 9.61. The molecule has 0 saturated carbocycles. The zero-order chi connectivity index (χ0) is 37.4. The summed E-state index contributed by atoms with van der Waals surface area (Å²) in [4.78, 5) is 15.1. The minimum Gasteiger partial charge on any atom is -0.456 e. The predicted octanol–water partition coefficient (Wildman–Crippen LogP) is 2.83. The molecule has 0 bridgehead atoms. The molecule has 0 aliphatic rings. The fourth-order valence-electron chi connectivity index (χ4n) is 8.33. The number of fused-ring (bicyclic) bond motifs is 6. The molecule has 55 heavy (non-hydrogen) atoms. The number of furan rings is 1. The molecule has 0 amide bonds. The highest BCUT2D eigenvalue weighted by molar-refractivity contribution is 6.68. The lowest BCUT2D eigenvalue weighted by molar-refractivity contribution is 0.669. The maximum absolute atomic E-state index is 6.49. The number of aromatic nitrogens is 4. The lowest BCUT2D eigenvalue weighted by Crippen LogP contribution is -2.56. The van der Waals surface area contributed by atoms with Crippen molar-refractivity contribution in [1.82, 2.24) is 19.5 Å². The van der Waals surface area contributed by atoms with E-state index in [1.807, 2.05) is 72.8 Å². The number of hydrogen-bond acceptors (Lipinski definition) is 4. The first kappa shape index (κ1) is 33.1. The summed E-state index contributed by atoms with van der Waals surface area (Å²) < 4.78 is 8.96. The van der Waals surface area contributed by atoms with E-state index < -0.39 is 0 Å². The first-order valence-electron chi connectivity index (χ1n) is 18.8. The standard InChI is InChI=1S/C45H33B5N4O/c46-37-38(47)40(49)42(41(50)39(37)48)54-32-16-8-7-14-28(32)30-22-26(18-20-33(30)54)27-19-21-34-31(23-27)36-29(15-9-17-35(36)55-34)45-52-43(24-10-3-1-4-11-24)51-44(53-45)25-12-5-2-6-13-25/h1-23H,46-50H2. The number of hydrogen-bond donors (Lipinski definition) is 0. The van der Waals surface area contributed by atoms with Crippen LogP contribution in [0.4, 0.5) is 0 Å². The first-order chi connectivity index (χ1) is 26.9. The van der Waals surface area contributed by atoms with Gasteiger partial charge in [-0.25, -0.2) is 15.0 Å². The van der Waals surface area contributed by atoms with Crippen LogP contribution in [0.1, 0.15) is 0 Å². The molecule has 3 aromatic heterocycles. The van der Waals surface area contributed by atoms with Crippen molar-refractivity contribution in [2.45, 2.75) is 0 Å². The molecule has 0 aliphatic carbocycles. The average Bonchev–Trinajstić information content (AvgIpc) is 3.78. The minimum atomic E-state index is 0.604. The van der Waals surface area contributed by atoms with E-state index in [0.29, 0.717) is 17.5 Å². The molecule has 10 heteroatoms. The van der Waals surface area contributed by atoms with Gasteiger partial charge in [0.2, 0.25) is 0 Å². The number of benzene rings is 7. The van der Waals surface area contributed by atoms with Crippen LogP contribution in [0.15, 0.2) is 144 Å². The van der Waals surface area contributed by atoms with E-state index in [2.05, 4.69) is 111 Å². The third-order valence-corrected chi connectivity index (χ3v) is 11.6. The normalized spacial score (nSPS) is 11.6. The molecular weight excluding hydrogens is 667 g/mol. The van der Waals surface area contributed by atoms with Gasteiger partial charge >= 0.3 is 0 Å².